The van der Waals surface area contributed by atoms with Crippen LogP contribution in [0.5, 0.6) is 5.75 Å². The van der Waals surface area contributed by atoms with Gasteiger partial charge in [0, 0.05) is 12.1 Å². The van der Waals surface area contributed by atoms with Crippen molar-refractivity contribution in [2.75, 3.05) is 20.3 Å². The van der Waals surface area contributed by atoms with Crippen LogP contribution in [0.25, 0.3) is 0 Å². The SMILES string of the molecule is CCC(NC(=O)c1cc(Cl)ccc1OCCOC)C(=O)O. The van der Waals surface area contributed by atoms with Crippen molar-refractivity contribution in [3.8, 4) is 5.75 Å². The highest BCUT2D eigenvalue weighted by Crippen LogP contribution is 2.23. The highest BCUT2D eigenvalue weighted by atomic mass is 35.5. The Bertz CT molecular complexity index is 506. The van der Waals surface area contributed by atoms with E-state index in [2.05, 4.69) is 5.32 Å². The van der Waals surface area contributed by atoms with Gasteiger partial charge in [0.15, 0.2) is 0 Å². The summed E-state index contributed by atoms with van der Waals surface area (Å²) in [5.74, 6) is -1.30. The summed E-state index contributed by atoms with van der Waals surface area (Å²) in [6.45, 7) is 2.32. The first kappa shape index (κ1) is 17.3. The summed E-state index contributed by atoms with van der Waals surface area (Å²) < 4.78 is 10.3. The topological polar surface area (TPSA) is 84.9 Å². The van der Waals surface area contributed by atoms with Gasteiger partial charge >= 0.3 is 5.97 Å². The lowest BCUT2D eigenvalue weighted by Crippen LogP contribution is -2.40. The van der Waals surface area contributed by atoms with Crippen LogP contribution in [0, 0.1) is 0 Å². The number of carboxylic acid groups (broad SMARTS) is 1. The fourth-order valence-electron chi connectivity index (χ4n) is 1.61. The molecule has 21 heavy (non-hydrogen) atoms. The molecule has 0 saturated carbocycles. The van der Waals surface area contributed by atoms with Crippen LogP contribution in [0.4, 0.5) is 0 Å². The average Bonchev–Trinajstić information content (AvgIpc) is 2.45. The number of carboxylic acids is 1. The summed E-state index contributed by atoms with van der Waals surface area (Å²) in [6, 6.07) is 3.64. The van der Waals surface area contributed by atoms with Crippen molar-refractivity contribution in [2.24, 2.45) is 0 Å². The molecule has 0 aliphatic heterocycles. The molecule has 1 aromatic rings. The molecule has 1 rings (SSSR count). The van der Waals surface area contributed by atoms with E-state index in [1.54, 1.807) is 19.1 Å². The number of amides is 1. The second kappa shape index (κ2) is 8.49. The Labute approximate surface area is 128 Å². The van der Waals surface area contributed by atoms with Gasteiger partial charge in [0.1, 0.15) is 18.4 Å². The predicted octanol–water partition coefficient (Wildman–Crippen LogP) is 1.96. The van der Waals surface area contributed by atoms with Crippen LogP contribution in [0.15, 0.2) is 18.2 Å². The van der Waals surface area contributed by atoms with Crippen molar-refractivity contribution in [1.29, 1.82) is 0 Å². The van der Waals surface area contributed by atoms with E-state index in [0.29, 0.717) is 17.4 Å². The average molecular weight is 316 g/mol. The number of benzene rings is 1. The smallest absolute Gasteiger partial charge is 0.326 e. The lowest BCUT2D eigenvalue weighted by Gasteiger charge is -2.15. The molecule has 2 N–H and O–H groups in total. The maximum absolute atomic E-state index is 12.2. The second-order valence-electron chi connectivity index (χ2n) is 4.25. The molecule has 1 atom stereocenters. The van der Waals surface area contributed by atoms with Crippen molar-refractivity contribution in [2.45, 2.75) is 19.4 Å². The number of hydrogen-bond donors (Lipinski definition) is 2. The van der Waals surface area contributed by atoms with Gasteiger partial charge in [-0.3, -0.25) is 4.79 Å². The fourth-order valence-corrected chi connectivity index (χ4v) is 1.79. The molecule has 0 aromatic heterocycles. The third kappa shape index (κ3) is 5.24. The second-order valence-corrected chi connectivity index (χ2v) is 4.69. The van der Waals surface area contributed by atoms with Crippen molar-refractivity contribution < 1.29 is 24.2 Å². The molecule has 0 saturated heterocycles. The Kier molecular flexibility index (Phi) is 6.98. The van der Waals surface area contributed by atoms with Crippen LogP contribution in [0.2, 0.25) is 5.02 Å². The van der Waals surface area contributed by atoms with Crippen LogP contribution in [-0.4, -0.2) is 43.3 Å². The molecular formula is C14H18ClNO5. The first-order valence-electron chi connectivity index (χ1n) is 6.44. The number of carbonyl (C=O) groups excluding carboxylic acids is 1. The monoisotopic (exact) mass is 315 g/mol. The number of nitrogens with one attached hydrogen (secondary N) is 1. The van der Waals surface area contributed by atoms with Crippen LogP contribution in [0.3, 0.4) is 0 Å². The Hall–Kier alpha value is -1.79. The molecule has 0 fully saturated rings. The van der Waals surface area contributed by atoms with E-state index in [0.717, 1.165) is 0 Å². The first-order chi connectivity index (χ1) is 9.99. The van der Waals surface area contributed by atoms with E-state index in [-0.39, 0.29) is 18.6 Å². The van der Waals surface area contributed by atoms with Gasteiger partial charge in [0.2, 0.25) is 0 Å². The van der Waals surface area contributed by atoms with Crippen LogP contribution in [-0.2, 0) is 9.53 Å². The minimum absolute atomic E-state index is 0.193. The van der Waals surface area contributed by atoms with E-state index < -0.39 is 17.9 Å². The van der Waals surface area contributed by atoms with Crippen LogP contribution in [0.1, 0.15) is 23.7 Å². The van der Waals surface area contributed by atoms with Gasteiger partial charge in [-0.05, 0) is 24.6 Å². The number of carbonyl (C=O) groups is 2. The molecule has 116 valence electrons. The minimum Gasteiger partial charge on any atom is -0.490 e. The van der Waals surface area contributed by atoms with Crippen molar-refractivity contribution >= 4 is 23.5 Å². The molecule has 1 aromatic carbocycles. The molecule has 0 heterocycles. The van der Waals surface area contributed by atoms with E-state index in [1.165, 1.54) is 13.2 Å². The lowest BCUT2D eigenvalue weighted by atomic mass is 10.1. The lowest BCUT2D eigenvalue weighted by molar-refractivity contribution is -0.139. The van der Waals surface area contributed by atoms with Gasteiger partial charge in [-0.2, -0.15) is 0 Å². The van der Waals surface area contributed by atoms with E-state index in [1.807, 2.05) is 0 Å². The van der Waals surface area contributed by atoms with E-state index in [9.17, 15) is 9.59 Å². The standard InChI is InChI=1S/C14H18ClNO5/c1-3-11(14(18)19)16-13(17)10-8-9(15)4-5-12(10)21-7-6-20-2/h4-5,8,11H,3,6-7H2,1-2H3,(H,16,17)(H,18,19). The molecule has 6 nitrogen and oxygen atoms in total. The summed E-state index contributed by atoms with van der Waals surface area (Å²) in [7, 11) is 1.54. The highest BCUT2D eigenvalue weighted by molar-refractivity contribution is 6.31. The molecule has 0 spiro atoms. The minimum atomic E-state index is -1.09. The van der Waals surface area contributed by atoms with Crippen molar-refractivity contribution in [3.63, 3.8) is 0 Å². The summed E-state index contributed by atoms with van der Waals surface area (Å²) in [5.41, 5.74) is 0.193. The Balaban J connectivity index is 2.90. The molecule has 1 unspecified atom stereocenters. The summed E-state index contributed by atoms with van der Waals surface area (Å²) >= 11 is 5.88. The molecule has 7 heteroatoms. The summed E-state index contributed by atoms with van der Waals surface area (Å²) in [6.07, 6.45) is 0.279. The summed E-state index contributed by atoms with van der Waals surface area (Å²) in [5, 5.41) is 11.8. The molecule has 0 aliphatic carbocycles. The molecule has 1 amide bonds. The number of methoxy groups -OCH3 is 1. The number of ether oxygens (including phenoxy) is 2. The largest absolute Gasteiger partial charge is 0.490 e. The zero-order chi connectivity index (χ0) is 15.8. The van der Waals surface area contributed by atoms with E-state index >= 15 is 0 Å². The van der Waals surface area contributed by atoms with Gasteiger partial charge in [0.25, 0.3) is 5.91 Å². The maximum atomic E-state index is 12.2. The van der Waals surface area contributed by atoms with Crippen LogP contribution >= 0.6 is 11.6 Å². The highest BCUT2D eigenvalue weighted by Gasteiger charge is 2.21. The Morgan fingerprint density at radius 3 is 2.67 bits per heavy atom. The van der Waals surface area contributed by atoms with Crippen LogP contribution < -0.4 is 10.1 Å². The zero-order valence-corrected chi connectivity index (χ0v) is 12.6. The van der Waals surface area contributed by atoms with Gasteiger partial charge in [-0.1, -0.05) is 18.5 Å². The van der Waals surface area contributed by atoms with Gasteiger partial charge in [0.05, 0.1) is 12.2 Å². The number of aliphatic carboxylic acids is 1. The van der Waals surface area contributed by atoms with Gasteiger partial charge < -0.3 is 19.9 Å². The maximum Gasteiger partial charge on any atom is 0.326 e. The predicted molar refractivity (Wildman–Crippen MR) is 78.0 cm³/mol. The Morgan fingerprint density at radius 2 is 2.10 bits per heavy atom. The normalized spacial score (nSPS) is 11.8. The molecule has 0 bridgehead atoms. The van der Waals surface area contributed by atoms with Crippen molar-refractivity contribution in [3.05, 3.63) is 28.8 Å². The number of halogens is 1. The summed E-state index contributed by atoms with van der Waals surface area (Å²) in [4.78, 5) is 23.2. The van der Waals surface area contributed by atoms with Gasteiger partial charge in [-0.25, -0.2) is 4.79 Å². The zero-order valence-electron chi connectivity index (χ0n) is 11.9. The number of rotatable bonds is 8. The van der Waals surface area contributed by atoms with Gasteiger partial charge in [-0.15, -0.1) is 0 Å². The first-order valence-corrected chi connectivity index (χ1v) is 6.82. The molecule has 0 aliphatic rings. The molecular weight excluding hydrogens is 298 g/mol. The third-order valence-electron chi connectivity index (χ3n) is 2.74. The third-order valence-corrected chi connectivity index (χ3v) is 2.98. The van der Waals surface area contributed by atoms with E-state index in [4.69, 9.17) is 26.2 Å². The Morgan fingerprint density at radius 1 is 1.38 bits per heavy atom. The molecule has 0 radical (unpaired) electrons. The fraction of sp³-hybridized carbons (Fsp3) is 0.429. The number of hydrogen-bond acceptors (Lipinski definition) is 4. The quantitative estimate of drug-likeness (QED) is 0.716. The van der Waals surface area contributed by atoms with Crippen molar-refractivity contribution in [1.82, 2.24) is 5.32 Å².